The predicted octanol–water partition coefficient (Wildman–Crippen LogP) is 3.07. The third kappa shape index (κ3) is 2.71. The summed E-state index contributed by atoms with van der Waals surface area (Å²) < 4.78 is 5.39. The Labute approximate surface area is 159 Å². The van der Waals surface area contributed by atoms with Gasteiger partial charge in [-0.1, -0.05) is 0 Å². The van der Waals surface area contributed by atoms with Gasteiger partial charge in [-0.15, -0.1) is 0 Å². The van der Waals surface area contributed by atoms with Crippen molar-refractivity contribution >= 4 is 16.7 Å². The van der Waals surface area contributed by atoms with Gasteiger partial charge in [0.1, 0.15) is 11.5 Å². The molecule has 2 fully saturated rings. The Bertz CT molecular complexity index is 889. The van der Waals surface area contributed by atoms with Gasteiger partial charge < -0.3 is 14.8 Å². The second-order valence-corrected chi connectivity index (χ2v) is 8.69. The minimum absolute atomic E-state index is 0.00995. The van der Waals surface area contributed by atoms with Crippen LogP contribution in [0.15, 0.2) is 18.2 Å². The number of ketones is 1. The minimum atomic E-state index is -0.322. The van der Waals surface area contributed by atoms with Crippen LogP contribution < -0.4 is 4.74 Å². The number of hydrogen-bond donors (Lipinski definition) is 2. The van der Waals surface area contributed by atoms with Crippen LogP contribution in [-0.2, 0) is 11.2 Å². The van der Waals surface area contributed by atoms with E-state index in [2.05, 4.69) is 22.0 Å². The van der Waals surface area contributed by atoms with Crippen molar-refractivity contribution in [3.05, 3.63) is 29.5 Å². The second-order valence-electron chi connectivity index (χ2n) is 8.69. The van der Waals surface area contributed by atoms with Crippen molar-refractivity contribution in [1.29, 1.82) is 0 Å². The lowest BCUT2D eigenvalue weighted by atomic mass is 9.64. The van der Waals surface area contributed by atoms with E-state index in [1.165, 1.54) is 16.6 Å². The SMILES string of the molecule is COc1ccc2c3c([nH]c2c1)C1C[C@@H]2C(C(C)=O)CC(O)C[C@@H]2CN1CC3. The molecule has 3 heterocycles. The highest BCUT2D eigenvalue weighted by molar-refractivity contribution is 5.86. The Hall–Kier alpha value is -1.85. The minimum Gasteiger partial charge on any atom is -0.497 e. The number of hydrogen-bond acceptors (Lipinski definition) is 4. The number of aliphatic hydroxyl groups excluding tert-OH is 1. The Morgan fingerprint density at radius 2 is 2.15 bits per heavy atom. The third-order valence-electron chi connectivity index (χ3n) is 7.28. The van der Waals surface area contributed by atoms with Crippen molar-refractivity contribution in [2.75, 3.05) is 20.2 Å². The van der Waals surface area contributed by atoms with Gasteiger partial charge in [0.15, 0.2) is 0 Å². The first-order chi connectivity index (χ1) is 13.0. The molecule has 0 radical (unpaired) electrons. The van der Waals surface area contributed by atoms with Crippen molar-refractivity contribution in [2.24, 2.45) is 17.8 Å². The molecule has 1 aromatic carbocycles. The van der Waals surface area contributed by atoms with Crippen molar-refractivity contribution in [3.63, 3.8) is 0 Å². The Kier molecular flexibility index (Phi) is 4.06. The number of ether oxygens (including phenoxy) is 1. The quantitative estimate of drug-likeness (QED) is 0.855. The summed E-state index contributed by atoms with van der Waals surface area (Å²) in [4.78, 5) is 18.5. The lowest BCUT2D eigenvalue weighted by molar-refractivity contribution is -0.130. The summed E-state index contributed by atoms with van der Waals surface area (Å²) in [6, 6.07) is 6.64. The molecule has 5 atom stereocenters. The van der Waals surface area contributed by atoms with Crippen LogP contribution in [0.5, 0.6) is 5.75 Å². The molecule has 0 spiro atoms. The number of methoxy groups -OCH3 is 1. The number of rotatable bonds is 2. The van der Waals surface area contributed by atoms with Gasteiger partial charge in [-0.3, -0.25) is 9.69 Å². The molecule has 5 nitrogen and oxygen atoms in total. The Morgan fingerprint density at radius 1 is 1.30 bits per heavy atom. The smallest absolute Gasteiger partial charge is 0.133 e. The fraction of sp³-hybridized carbons (Fsp3) is 0.591. The van der Waals surface area contributed by atoms with Crippen LogP contribution in [-0.4, -0.2) is 47.1 Å². The van der Waals surface area contributed by atoms with Crippen LogP contribution >= 0.6 is 0 Å². The molecular weight excluding hydrogens is 340 g/mol. The number of carbonyl (C=O) groups is 1. The number of piperidine rings is 1. The van der Waals surface area contributed by atoms with Gasteiger partial charge in [0, 0.05) is 41.7 Å². The fourth-order valence-corrected chi connectivity index (χ4v) is 6.03. The van der Waals surface area contributed by atoms with Crippen molar-refractivity contribution in [3.8, 4) is 5.75 Å². The fourth-order valence-electron chi connectivity index (χ4n) is 6.03. The first-order valence-corrected chi connectivity index (χ1v) is 10.2. The lowest BCUT2D eigenvalue weighted by Crippen LogP contribution is -2.51. The zero-order chi connectivity index (χ0) is 18.7. The van der Waals surface area contributed by atoms with Gasteiger partial charge in [-0.05, 0) is 62.1 Å². The van der Waals surface area contributed by atoms with Crippen LogP contribution in [0.2, 0.25) is 0 Å². The van der Waals surface area contributed by atoms with Crippen molar-refractivity contribution in [2.45, 2.75) is 44.8 Å². The normalized spacial score (nSPS) is 33.2. The van der Waals surface area contributed by atoms with E-state index in [0.29, 0.717) is 24.3 Å². The monoisotopic (exact) mass is 368 g/mol. The largest absolute Gasteiger partial charge is 0.497 e. The van der Waals surface area contributed by atoms with Gasteiger partial charge in [0.2, 0.25) is 0 Å². The van der Waals surface area contributed by atoms with E-state index in [1.807, 2.05) is 6.07 Å². The molecule has 1 aromatic heterocycles. The number of carbonyl (C=O) groups excluding carboxylic acids is 1. The zero-order valence-corrected chi connectivity index (χ0v) is 16.1. The van der Waals surface area contributed by atoms with E-state index in [1.54, 1.807) is 14.0 Å². The predicted molar refractivity (Wildman–Crippen MR) is 104 cm³/mol. The highest BCUT2D eigenvalue weighted by atomic mass is 16.5. The third-order valence-corrected chi connectivity index (χ3v) is 7.28. The lowest BCUT2D eigenvalue weighted by Gasteiger charge is -2.51. The van der Waals surface area contributed by atoms with Crippen LogP contribution in [0.3, 0.4) is 0 Å². The average molecular weight is 368 g/mol. The first kappa shape index (κ1) is 17.3. The van der Waals surface area contributed by atoms with Crippen molar-refractivity contribution in [1.82, 2.24) is 9.88 Å². The van der Waals surface area contributed by atoms with Crippen LogP contribution in [0.4, 0.5) is 0 Å². The maximum atomic E-state index is 12.3. The summed E-state index contributed by atoms with van der Waals surface area (Å²) in [5.41, 5.74) is 3.91. The molecule has 5 rings (SSSR count). The van der Waals surface area contributed by atoms with E-state index in [9.17, 15) is 9.90 Å². The van der Waals surface area contributed by atoms with Gasteiger partial charge >= 0.3 is 0 Å². The summed E-state index contributed by atoms with van der Waals surface area (Å²) >= 11 is 0. The number of aromatic nitrogens is 1. The van der Waals surface area contributed by atoms with E-state index in [-0.39, 0.29) is 17.8 Å². The molecule has 5 heteroatoms. The number of nitrogens with zero attached hydrogens (tertiary/aromatic N) is 1. The second kappa shape index (κ2) is 6.35. The molecule has 0 bridgehead atoms. The molecule has 1 saturated carbocycles. The average Bonchev–Trinajstić information content (AvgIpc) is 3.03. The molecule has 2 aromatic rings. The number of aliphatic hydroxyl groups is 1. The number of H-pyrrole nitrogens is 1. The number of fused-ring (bicyclic) bond motifs is 6. The summed E-state index contributed by atoms with van der Waals surface area (Å²) in [6.07, 6.45) is 3.22. The Balaban J connectivity index is 1.52. The highest BCUT2D eigenvalue weighted by Crippen LogP contribution is 2.49. The van der Waals surface area contributed by atoms with Crippen LogP contribution in [0, 0.1) is 17.8 Å². The van der Waals surface area contributed by atoms with Gasteiger partial charge in [0.05, 0.1) is 19.3 Å². The van der Waals surface area contributed by atoms with Crippen LogP contribution in [0.1, 0.15) is 43.5 Å². The molecule has 1 saturated heterocycles. The number of nitrogens with one attached hydrogen (secondary N) is 1. The molecule has 3 unspecified atom stereocenters. The maximum absolute atomic E-state index is 12.3. The molecular formula is C22H28N2O3. The van der Waals surface area contributed by atoms with Gasteiger partial charge in [0.25, 0.3) is 0 Å². The maximum Gasteiger partial charge on any atom is 0.133 e. The standard InChI is InChI=1S/C22H28N2O3/c1-12(25)18-8-14(26)7-13-11-24-6-5-17-16-4-3-15(27-2)9-20(16)23-22(17)21(24)10-19(13)18/h3-4,9,13-14,18-19,21,23,26H,5-8,10-11H2,1-2H3/t13-,14?,18?,19+,21?/m1/s1. The van der Waals surface area contributed by atoms with E-state index in [0.717, 1.165) is 43.6 Å². The van der Waals surface area contributed by atoms with E-state index >= 15 is 0 Å². The molecule has 27 heavy (non-hydrogen) atoms. The van der Waals surface area contributed by atoms with Crippen molar-refractivity contribution < 1.29 is 14.6 Å². The molecule has 2 aliphatic heterocycles. The van der Waals surface area contributed by atoms with Crippen LogP contribution in [0.25, 0.3) is 10.9 Å². The zero-order valence-electron chi connectivity index (χ0n) is 16.1. The highest BCUT2D eigenvalue weighted by Gasteiger charge is 2.47. The summed E-state index contributed by atoms with van der Waals surface area (Å²) in [5, 5.41) is 11.6. The van der Waals surface area contributed by atoms with E-state index in [4.69, 9.17) is 4.74 Å². The summed E-state index contributed by atoms with van der Waals surface area (Å²) in [6.45, 7) is 3.75. The molecule has 1 aliphatic carbocycles. The first-order valence-electron chi connectivity index (χ1n) is 10.2. The number of benzene rings is 1. The number of aromatic amines is 1. The summed E-state index contributed by atoms with van der Waals surface area (Å²) in [7, 11) is 1.70. The number of Topliss-reactive ketones (excluding diaryl/α,β-unsaturated/α-hetero) is 1. The van der Waals surface area contributed by atoms with E-state index < -0.39 is 0 Å². The van der Waals surface area contributed by atoms with Gasteiger partial charge in [-0.2, -0.15) is 0 Å². The topological polar surface area (TPSA) is 65.6 Å². The van der Waals surface area contributed by atoms with Gasteiger partial charge in [-0.25, -0.2) is 0 Å². The molecule has 3 aliphatic rings. The Morgan fingerprint density at radius 3 is 2.93 bits per heavy atom. The molecule has 0 amide bonds. The summed E-state index contributed by atoms with van der Waals surface area (Å²) in [5.74, 6) is 1.95. The molecule has 2 N–H and O–H groups in total. The molecule has 144 valence electrons.